The molecular formula is C27H20ClN3O2S. The first-order valence-corrected chi connectivity index (χ1v) is 12.2. The van der Waals surface area contributed by atoms with Gasteiger partial charge in [0, 0.05) is 27.7 Å². The van der Waals surface area contributed by atoms with Crippen molar-refractivity contribution in [2.45, 2.75) is 13.5 Å². The molecule has 3 aromatic carbocycles. The third kappa shape index (κ3) is 3.56. The highest BCUT2D eigenvalue weighted by Crippen LogP contribution is 2.24. The first kappa shape index (κ1) is 21.0. The summed E-state index contributed by atoms with van der Waals surface area (Å²) >= 11 is 7.53. The van der Waals surface area contributed by atoms with Crippen LogP contribution in [0.15, 0.2) is 77.7 Å². The summed E-state index contributed by atoms with van der Waals surface area (Å²) in [6.45, 7) is 3.16. The van der Waals surface area contributed by atoms with Gasteiger partial charge in [0.1, 0.15) is 12.4 Å². The monoisotopic (exact) mass is 485 g/mol. The van der Waals surface area contributed by atoms with E-state index >= 15 is 0 Å². The van der Waals surface area contributed by atoms with Crippen LogP contribution in [0.4, 0.5) is 0 Å². The molecule has 0 saturated heterocycles. The Hall–Kier alpha value is -3.61. The van der Waals surface area contributed by atoms with E-state index in [9.17, 15) is 4.79 Å². The molecule has 3 heterocycles. The van der Waals surface area contributed by atoms with E-state index in [1.165, 1.54) is 11.3 Å². The van der Waals surface area contributed by atoms with Gasteiger partial charge in [0.25, 0.3) is 5.56 Å². The number of halogens is 1. The van der Waals surface area contributed by atoms with Crippen LogP contribution in [0.2, 0.25) is 5.02 Å². The summed E-state index contributed by atoms with van der Waals surface area (Å²) in [4.78, 5) is 18.5. The van der Waals surface area contributed by atoms with Crippen molar-refractivity contribution >= 4 is 55.9 Å². The van der Waals surface area contributed by atoms with E-state index < -0.39 is 0 Å². The summed E-state index contributed by atoms with van der Waals surface area (Å²) in [6.07, 6.45) is 4.06. The fourth-order valence-corrected chi connectivity index (χ4v) is 5.39. The molecule has 5 nitrogen and oxygen atoms in total. The lowest BCUT2D eigenvalue weighted by molar-refractivity contribution is 0.300. The number of fused-ring (bicyclic) bond motifs is 4. The molecule has 7 heteroatoms. The minimum Gasteiger partial charge on any atom is -0.492 e. The lowest BCUT2D eigenvalue weighted by atomic mass is 10.2. The maximum Gasteiger partial charge on any atom is 0.274 e. The third-order valence-corrected chi connectivity index (χ3v) is 7.37. The highest BCUT2D eigenvalue weighted by molar-refractivity contribution is 7.15. The predicted octanol–water partition coefficient (Wildman–Crippen LogP) is 5.45. The molecule has 0 spiro atoms. The van der Waals surface area contributed by atoms with Crippen LogP contribution in [-0.4, -0.2) is 20.6 Å². The predicted molar refractivity (Wildman–Crippen MR) is 139 cm³/mol. The van der Waals surface area contributed by atoms with Crippen molar-refractivity contribution in [3.05, 3.63) is 104 Å². The Morgan fingerprint density at radius 2 is 1.85 bits per heavy atom. The van der Waals surface area contributed by atoms with Gasteiger partial charge in [-0.15, -0.1) is 0 Å². The van der Waals surface area contributed by atoms with Gasteiger partial charge in [0.15, 0.2) is 4.96 Å². The Bertz CT molecular complexity index is 1800. The standard InChI is InChI=1S/C27H20ClN3O2S/c1-17-14-19(10-11-21(17)28)33-13-12-30-16-18(20-6-2-4-8-23(20)30)15-25-26(32)31-24-9-5-3-7-22(24)29-27(31)34-25/h2-11,14-16H,12-13H2,1H3/b25-15-. The Kier molecular flexibility index (Phi) is 5.12. The van der Waals surface area contributed by atoms with E-state index in [1.807, 2.05) is 67.6 Å². The fourth-order valence-electron chi connectivity index (χ4n) is 4.30. The number of benzene rings is 3. The Labute approximate surface area is 204 Å². The zero-order chi connectivity index (χ0) is 23.2. The van der Waals surface area contributed by atoms with Gasteiger partial charge in [-0.1, -0.05) is 53.3 Å². The molecule has 6 rings (SSSR count). The van der Waals surface area contributed by atoms with Crippen LogP contribution in [-0.2, 0) is 6.54 Å². The van der Waals surface area contributed by atoms with Crippen molar-refractivity contribution in [2.24, 2.45) is 0 Å². The molecule has 0 aliphatic rings. The Balaban J connectivity index is 1.36. The van der Waals surface area contributed by atoms with Crippen LogP contribution >= 0.6 is 22.9 Å². The van der Waals surface area contributed by atoms with Crippen LogP contribution in [0.25, 0.3) is 33.0 Å². The third-order valence-electron chi connectivity index (χ3n) is 5.98. The molecule has 0 saturated carbocycles. The normalized spacial score (nSPS) is 12.4. The van der Waals surface area contributed by atoms with Gasteiger partial charge in [-0.05, 0) is 55.0 Å². The van der Waals surface area contributed by atoms with Crippen LogP contribution in [0.1, 0.15) is 11.1 Å². The molecule has 0 fully saturated rings. The van der Waals surface area contributed by atoms with Crippen LogP contribution < -0.4 is 14.8 Å². The molecule has 0 aliphatic carbocycles. The molecule has 0 aliphatic heterocycles. The van der Waals surface area contributed by atoms with Gasteiger partial charge in [0.2, 0.25) is 0 Å². The number of aromatic nitrogens is 3. The molecule has 3 aromatic heterocycles. The largest absolute Gasteiger partial charge is 0.492 e. The fraction of sp³-hybridized carbons (Fsp3) is 0.111. The Morgan fingerprint density at radius 3 is 2.71 bits per heavy atom. The van der Waals surface area contributed by atoms with Crippen LogP contribution in [0, 0.1) is 6.92 Å². The quantitative estimate of drug-likeness (QED) is 0.326. The van der Waals surface area contributed by atoms with Crippen molar-refractivity contribution in [1.82, 2.24) is 14.0 Å². The van der Waals surface area contributed by atoms with Gasteiger partial charge in [-0.3, -0.25) is 4.79 Å². The maximum absolute atomic E-state index is 13.2. The topological polar surface area (TPSA) is 48.5 Å². The van der Waals surface area contributed by atoms with Crippen molar-refractivity contribution in [1.29, 1.82) is 0 Å². The molecule has 34 heavy (non-hydrogen) atoms. The number of thiazole rings is 1. The number of hydrogen-bond donors (Lipinski definition) is 0. The molecule has 168 valence electrons. The molecule has 0 amide bonds. The van der Waals surface area contributed by atoms with E-state index in [-0.39, 0.29) is 5.56 Å². The summed E-state index contributed by atoms with van der Waals surface area (Å²) in [5.41, 5.74) is 4.74. The number of rotatable bonds is 5. The van der Waals surface area contributed by atoms with Gasteiger partial charge in [-0.2, -0.15) is 0 Å². The number of imidazole rings is 1. The van der Waals surface area contributed by atoms with Gasteiger partial charge in [-0.25, -0.2) is 9.38 Å². The van der Waals surface area contributed by atoms with Crippen LogP contribution in [0.5, 0.6) is 5.75 Å². The summed E-state index contributed by atoms with van der Waals surface area (Å²) in [5, 5.41) is 1.83. The highest BCUT2D eigenvalue weighted by Gasteiger charge is 2.12. The van der Waals surface area contributed by atoms with E-state index in [0.29, 0.717) is 22.6 Å². The van der Waals surface area contributed by atoms with Gasteiger partial charge < -0.3 is 9.30 Å². The molecule has 0 bridgehead atoms. The zero-order valence-corrected chi connectivity index (χ0v) is 19.9. The average molecular weight is 486 g/mol. The van der Waals surface area contributed by atoms with Crippen molar-refractivity contribution in [3.63, 3.8) is 0 Å². The minimum atomic E-state index is -0.0352. The Morgan fingerprint density at radius 1 is 1.06 bits per heavy atom. The number of nitrogens with zero attached hydrogens (tertiary/aromatic N) is 3. The van der Waals surface area contributed by atoms with Crippen molar-refractivity contribution in [3.8, 4) is 5.75 Å². The highest BCUT2D eigenvalue weighted by atomic mass is 35.5. The summed E-state index contributed by atoms with van der Waals surface area (Å²) in [6, 6.07) is 21.6. The molecular weight excluding hydrogens is 466 g/mol. The lowest BCUT2D eigenvalue weighted by Crippen LogP contribution is -2.22. The summed E-state index contributed by atoms with van der Waals surface area (Å²) in [5.74, 6) is 0.801. The van der Waals surface area contributed by atoms with E-state index in [2.05, 4.69) is 27.9 Å². The second-order valence-corrected chi connectivity index (χ2v) is 9.61. The number of para-hydroxylation sites is 3. The van der Waals surface area contributed by atoms with E-state index in [4.69, 9.17) is 16.3 Å². The maximum atomic E-state index is 13.2. The summed E-state index contributed by atoms with van der Waals surface area (Å²) in [7, 11) is 0. The second-order valence-electron chi connectivity index (χ2n) is 8.19. The molecule has 6 aromatic rings. The average Bonchev–Trinajstić information content (AvgIpc) is 3.48. The van der Waals surface area contributed by atoms with Gasteiger partial charge in [0.05, 0.1) is 22.1 Å². The molecule has 0 radical (unpaired) electrons. The van der Waals surface area contributed by atoms with E-state index in [1.54, 1.807) is 4.40 Å². The number of ether oxygens (including phenoxy) is 1. The van der Waals surface area contributed by atoms with Crippen molar-refractivity contribution in [2.75, 3.05) is 6.61 Å². The molecule has 0 atom stereocenters. The number of hydrogen-bond acceptors (Lipinski definition) is 4. The first-order valence-electron chi connectivity index (χ1n) is 11.0. The SMILES string of the molecule is Cc1cc(OCCn2cc(/C=c3\sc4nc5ccccc5n4c3=O)c3ccccc32)ccc1Cl. The smallest absolute Gasteiger partial charge is 0.274 e. The first-order chi connectivity index (χ1) is 16.6. The van der Waals surface area contributed by atoms with Gasteiger partial charge >= 0.3 is 0 Å². The molecule has 0 unspecified atom stereocenters. The lowest BCUT2D eigenvalue weighted by Gasteiger charge is -2.09. The summed E-state index contributed by atoms with van der Waals surface area (Å²) < 4.78 is 10.5. The number of aryl methyl sites for hydroxylation is 1. The van der Waals surface area contributed by atoms with E-state index in [0.717, 1.165) is 43.8 Å². The van der Waals surface area contributed by atoms with Crippen molar-refractivity contribution < 1.29 is 4.74 Å². The minimum absolute atomic E-state index is 0.0352. The zero-order valence-electron chi connectivity index (χ0n) is 18.4. The molecule has 0 N–H and O–H groups in total. The second kappa shape index (κ2) is 8.31. The van der Waals surface area contributed by atoms with Crippen LogP contribution in [0.3, 0.4) is 0 Å².